The molecule has 3 unspecified atom stereocenters. The molecule has 2 aliphatic rings. The Balaban J connectivity index is 1.84. The van der Waals surface area contributed by atoms with Crippen molar-refractivity contribution < 1.29 is 5.11 Å². The van der Waals surface area contributed by atoms with E-state index in [1.54, 1.807) is 0 Å². The minimum absolute atomic E-state index is 0.0623. The molecule has 1 saturated carbocycles. The highest BCUT2D eigenvalue weighted by Gasteiger charge is 2.36. The summed E-state index contributed by atoms with van der Waals surface area (Å²) >= 11 is 0. The topological polar surface area (TPSA) is 32.3 Å². The highest BCUT2D eigenvalue weighted by atomic mass is 16.3. The molecule has 0 bridgehead atoms. The van der Waals surface area contributed by atoms with Gasteiger partial charge in [0.25, 0.3) is 0 Å². The van der Waals surface area contributed by atoms with Gasteiger partial charge in [0.2, 0.25) is 0 Å². The van der Waals surface area contributed by atoms with Crippen molar-refractivity contribution in [3.63, 3.8) is 0 Å². The average molecular weight is 169 g/mol. The van der Waals surface area contributed by atoms with Crippen molar-refractivity contribution in [2.24, 2.45) is 11.8 Å². The average Bonchev–Trinajstić information content (AvgIpc) is 2.85. The molecule has 1 aliphatic heterocycles. The molecule has 0 amide bonds. The maximum absolute atomic E-state index is 9.87. The first-order chi connectivity index (χ1) is 5.77. The predicted molar refractivity (Wildman–Crippen MR) is 48.9 cm³/mol. The lowest BCUT2D eigenvalue weighted by atomic mass is 9.90. The van der Waals surface area contributed by atoms with Crippen molar-refractivity contribution in [2.45, 2.75) is 44.8 Å². The number of rotatable bonds is 2. The molecule has 1 heterocycles. The van der Waals surface area contributed by atoms with Gasteiger partial charge in [0.1, 0.15) is 0 Å². The highest BCUT2D eigenvalue weighted by Crippen LogP contribution is 2.35. The summed E-state index contributed by atoms with van der Waals surface area (Å²) < 4.78 is 0. The molecule has 1 saturated heterocycles. The van der Waals surface area contributed by atoms with Crippen LogP contribution in [0.3, 0.4) is 0 Å². The Morgan fingerprint density at radius 3 is 2.67 bits per heavy atom. The Morgan fingerprint density at radius 1 is 1.33 bits per heavy atom. The molecule has 2 N–H and O–H groups in total. The van der Waals surface area contributed by atoms with Gasteiger partial charge in [-0.3, -0.25) is 0 Å². The van der Waals surface area contributed by atoms with Crippen LogP contribution in [-0.4, -0.2) is 23.8 Å². The molecule has 2 rings (SSSR count). The molecule has 0 aromatic rings. The van der Waals surface area contributed by atoms with Gasteiger partial charge in [0.05, 0.1) is 6.10 Å². The van der Waals surface area contributed by atoms with Crippen molar-refractivity contribution in [3.8, 4) is 0 Å². The van der Waals surface area contributed by atoms with Crippen molar-refractivity contribution >= 4 is 0 Å². The van der Waals surface area contributed by atoms with Crippen LogP contribution >= 0.6 is 0 Å². The summed E-state index contributed by atoms with van der Waals surface area (Å²) in [6, 6.07) is 0.390. The van der Waals surface area contributed by atoms with Crippen molar-refractivity contribution in [3.05, 3.63) is 0 Å². The Kier molecular flexibility index (Phi) is 2.37. The molecular formula is C10H19NO. The maximum atomic E-state index is 9.87. The summed E-state index contributed by atoms with van der Waals surface area (Å²) in [5.74, 6) is 1.41. The van der Waals surface area contributed by atoms with E-state index in [4.69, 9.17) is 0 Å². The quantitative estimate of drug-likeness (QED) is 0.650. The van der Waals surface area contributed by atoms with Crippen LogP contribution in [0.4, 0.5) is 0 Å². The molecule has 0 aromatic heterocycles. The Labute approximate surface area is 74.4 Å². The van der Waals surface area contributed by atoms with E-state index >= 15 is 0 Å². The second kappa shape index (κ2) is 3.35. The van der Waals surface area contributed by atoms with Crippen LogP contribution in [0.2, 0.25) is 0 Å². The minimum atomic E-state index is -0.0623. The fourth-order valence-corrected chi connectivity index (χ4v) is 2.18. The zero-order chi connectivity index (χ0) is 8.55. The summed E-state index contributed by atoms with van der Waals surface area (Å²) in [5, 5.41) is 13.3. The maximum Gasteiger partial charge on any atom is 0.0721 e. The van der Waals surface area contributed by atoms with Gasteiger partial charge >= 0.3 is 0 Å². The summed E-state index contributed by atoms with van der Waals surface area (Å²) in [5.41, 5.74) is 0. The number of nitrogens with one attached hydrogen (secondary N) is 1. The fourth-order valence-electron chi connectivity index (χ4n) is 2.18. The third kappa shape index (κ3) is 1.80. The molecule has 12 heavy (non-hydrogen) atoms. The van der Waals surface area contributed by atoms with Gasteiger partial charge in [-0.1, -0.05) is 6.92 Å². The lowest BCUT2D eigenvalue weighted by Crippen LogP contribution is -2.46. The molecule has 70 valence electrons. The SMILES string of the molecule is CC1CCNC(C(O)C2CC2)C1. The third-order valence-corrected chi connectivity index (χ3v) is 3.22. The number of hydrogen-bond acceptors (Lipinski definition) is 2. The van der Waals surface area contributed by atoms with E-state index in [-0.39, 0.29) is 6.10 Å². The largest absolute Gasteiger partial charge is 0.391 e. The van der Waals surface area contributed by atoms with Gasteiger partial charge < -0.3 is 10.4 Å². The monoisotopic (exact) mass is 169 g/mol. The number of hydrogen-bond donors (Lipinski definition) is 2. The van der Waals surface area contributed by atoms with Gasteiger partial charge in [-0.2, -0.15) is 0 Å². The van der Waals surface area contributed by atoms with Gasteiger partial charge in [-0.15, -0.1) is 0 Å². The van der Waals surface area contributed by atoms with Crippen LogP contribution in [0.5, 0.6) is 0 Å². The van der Waals surface area contributed by atoms with Crippen LogP contribution in [0, 0.1) is 11.8 Å². The second-order valence-corrected chi connectivity index (χ2v) is 4.52. The van der Waals surface area contributed by atoms with Crippen LogP contribution in [0.15, 0.2) is 0 Å². The molecule has 3 atom stereocenters. The van der Waals surface area contributed by atoms with Gasteiger partial charge in [0.15, 0.2) is 0 Å². The minimum Gasteiger partial charge on any atom is -0.391 e. The zero-order valence-electron chi connectivity index (χ0n) is 7.79. The standard InChI is InChI=1S/C10H19NO/c1-7-4-5-11-9(6-7)10(12)8-2-3-8/h7-12H,2-6H2,1H3. The highest BCUT2D eigenvalue weighted by molar-refractivity contribution is 4.91. The summed E-state index contributed by atoms with van der Waals surface area (Å²) in [6.07, 6.45) is 4.86. The van der Waals surface area contributed by atoms with Crippen molar-refractivity contribution in [1.82, 2.24) is 5.32 Å². The molecule has 1 aliphatic carbocycles. The molecule has 2 nitrogen and oxygen atoms in total. The zero-order valence-corrected chi connectivity index (χ0v) is 7.79. The third-order valence-electron chi connectivity index (χ3n) is 3.22. The molecule has 0 aromatic carbocycles. The lowest BCUT2D eigenvalue weighted by molar-refractivity contribution is 0.0826. The van der Waals surface area contributed by atoms with E-state index in [0.717, 1.165) is 18.9 Å². The van der Waals surface area contributed by atoms with Gasteiger partial charge in [0, 0.05) is 6.04 Å². The molecule has 0 radical (unpaired) electrons. The molecule has 2 heteroatoms. The summed E-state index contributed by atoms with van der Waals surface area (Å²) in [7, 11) is 0. The molecule has 2 fully saturated rings. The number of piperidine rings is 1. The normalized spacial score (nSPS) is 39.5. The predicted octanol–water partition coefficient (Wildman–Crippen LogP) is 1.15. The van der Waals surface area contributed by atoms with Crippen LogP contribution in [0.1, 0.15) is 32.6 Å². The summed E-state index contributed by atoms with van der Waals surface area (Å²) in [6.45, 7) is 3.38. The van der Waals surface area contributed by atoms with Crippen molar-refractivity contribution in [1.29, 1.82) is 0 Å². The summed E-state index contributed by atoms with van der Waals surface area (Å²) in [4.78, 5) is 0. The Bertz CT molecular complexity index is 156. The second-order valence-electron chi connectivity index (χ2n) is 4.52. The smallest absolute Gasteiger partial charge is 0.0721 e. The van der Waals surface area contributed by atoms with E-state index in [1.807, 2.05) is 0 Å². The first-order valence-corrected chi connectivity index (χ1v) is 5.19. The number of aliphatic hydroxyl groups excluding tert-OH is 1. The van der Waals surface area contributed by atoms with E-state index in [1.165, 1.54) is 19.3 Å². The van der Waals surface area contributed by atoms with Crippen LogP contribution in [0.25, 0.3) is 0 Å². The van der Waals surface area contributed by atoms with Crippen LogP contribution < -0.4 is 5.32 Å². The Hall–Kier alpha value is -0.0800. The van der Waals surface area contributed by atoms with E-state index in [0.29, 0.717) is 12.0 Å². The van der Waals surface area contributed by atoms with Gasteiger partial charge in [-0.05, 0) is 44.1 Å². The molecule has 0 spiro atoms. The van der Waals surface area contributed by atoms with E-state index in [9.17, 15) is 5.11 Å². The van der Waals surface area contributed by atoms with Crippen LogP contribution in [-0.2, 0) is 0 Å². The van der Waals surface area contributed by atoms with Gasteiger partial charge in [-0.25, -0.2) is 0 Å². The first kappa shape index (κ1) is 8.52. The fraction of sp³-hybridized carbons (Fsp3) is 1.00. The number of aliphatic hydroxyl groups is 1. The van der Waals surface area contributed by atoms with E-state index < -0.39 is 0 Å². The Morgan fingerprint density at radius 2 is 2.08 bits per heavy atom. The first-order valence-electron chi connectivity index (χ1n) is 5.19. The van der Waals surface area contributed by atoms with Crippen molar-refractivity contribution in [2.75, 3.05) is 6.54 Å². The lowest BCUT2D eigenvalue weighted by Gasteiger charge is -2.31. The molecular weight excluding hydrogens is 150 g/mol. The van der Waals surface area contributed by atoms with E-state index in [2.05, 4.69) is 12.2 Å².